The molecule has 5 heteroatoms. The van der Waals surface area contributed by atoms with Crippen molar-refractivity contribution in [1.82, 2.24) is 0 Å². The van der Waals surface area contributed by atoms with Gasteiger partial charge in [0, 0.05) is 5.69 Å². The zero-order valence-electron chi connectivity index (χ0n) is 12.3. The minimum Gasteiger partial charge on any atom is -0.325 e. The molecule has 21 heavy (non-hydrogen) atoms. The number of carbonyl (C=O) groups excluding carboxylic acids is 1. The molecule has 1 aromatic carbocycles. The lowest BCUT2D eigenvalue weighted by atomic mass is 9.84. The number of amides is 1. The van der Waals surface area contributed by atoms with Crippen LogP contribution in [0.5, 0.6) is 0 Å². The van der Waals surface area contributed by atoms with Crippen LogP contribution in [0.3, 0.4) is 0 Å². The topological polar surface area (TPSA) is 29.1 Å². The highest BCUT2D eigenvalue weighted by molar-refractivity contribution is 6.03. The largest absolute Gasteiger partial charge is 0.416 e. The first-order valence-corrected chi connectivity index (χ1v) is 7.36. The maximum Gasteiger partial charge on any atom is 0.416 e. The Bertz CT molecular complexity index is 525. The number of hydrogen-bond donors (Lipinski definition) is 1. The number of carbonyl (C=O) groups is 1. The number of anilines is 1. The highest BCUT2D eigenvalue weighted by Crippen LogP contribution is 2.42. The standard InChI is InChI=1S/C16H20F3NO/c1-3-4-5-6-10(2)14-12-9-11(16(17,18)19)7-8-13(12)20-15(14)21/h7-10,14H,3-6H2,1-2H3,(H,20,21). The molecule has 0 aromatic heterocycles. The zero-order valence-corrected chi connectivity index (χ0v) is 12.3. The van der Waals surface area contributed by atoms with Gasteiger partial charge < -0.3 is 5.32 Å². The van der Waals surface area contributed by atoms with E-state index < -0.39 is 17.7 Å². The highest BCUT2D eigenvalue weighted by atomic mass is 19.4. The molecule has 2 unspecified atom stereocenters. The quantitative estimate of drug-likeness (QED) is 0.765. The first kappa shape index (κ1) is 15.9. The molecule has 1 aliphatic rings. The number of unbranched alkanes of at least 4 members (excludes halogenated alkanes) is 2. The number of benzene rings is 1. The highest BCUT2D eigenvalue weighted by Gasteiger charge is 2.38. The van der Waals surface area contributed by atoms with Crippen molar-refractivity contribution in [1.29, 1.82) is 0 Å². The van der Waals surface area contributed by atoms with Crippen molar-refractivity contribution in [2.24, 2.45) is 5.92 Å². The van der Waals surface area contributed by atoms with Gasteiger partial charge in [0.05, 0.1) is 11.5 Å². The van der Waals surface area contributed by atoms with Crippen molar-refractivity contribution >= 4 is 11.6 Å². The second-order valence-electron chi connectivity index (χ2n) is 5.74. The number of hydrogen-bond acceptors (Lipinski definition) is 1. The SMILES string of the molecule is CCCCCC(C)C1C(=O)Nc2ccc(C(F)(F)F)cc21. The molecule has 1 amide bonds. The van der Waals surface area contributed by atoms with Crippen LogP contribution in [0.25, 0.3) is 0 Å². The summed E-state index contributed by atoms with van der Waals surface area (Å²) in [4.78, 5) is 12.1. The minimum absolute atomic E-state index is 0.0429. The first-order chi connectivity index (χ1) is 9.84. The van der Waals surface area contributed by atoms with Crippen LogP contribution in [-0.2, 0) is 11.0 Å². The first-order valence-electron chi connectivity index (χ1n) is 7.36. The predicted octanol–water partition coefficient (Wildman–Crippen LogP) is 4.96. The molecule has 0 aliphatic carbocycles. The van der Waals surface area contributed by atoms with E-state index in [0.29, 0.717) is 11.3 Å². The van der Waals surface area contributed by atoms with Crippen molar-refractivity contribution in [3.63, 3.8) is 0 Å². The molecule has 0 bridgehead atoms. The van der Waals surface area contributed by atoms with Crippen LogP contribution < -0.4 is 5.32 Å². The van der Waals surface area contributed by atoms with E-state index in [1.54, 1.807) is 0 Å². The number of rotatable bonds is 5. The summed E-state index contributed by atoms with van der Waals surface area (Å²) in [6, 6.07) is 3.49. The Morgan fingerprint density at radius 2 is 2.00 bits per heavy atom. The molecule has 2 rings (SSSR count). The maximum absolute atomic E-state index is 12.8. The molecule has 0 saturated carbocycles. The Kier molecular flexibility index (Phi) is 4.59. The van der Waals surface area contributed by atoms with Gasteiger partial charge in [0.15, 0.2) is 0 Å². The fourth-order valence-electron chi connectivity index (χ4n) is 2.91. The van der Waals surface area contributed by atoms with Crippen molar-refractivity contribution < 1.29 is 18.0 Å². The van der Waals surface area contributed by atoms with Crippen LogP contribution in [0, 0.1) is 5.92 Å². The summed E-state index contributed by atoms with van der Waals surface area (Å²) in [5, 5.41) is 2.69. The number of alkyl halides is 3. The Morgan fingerprint density at radius 3 is 2.62 bits per heavy atom. The number of fused-ring (bicyclic) bond motifs is 1. The molecule has 1 aromatic rings. The van der Waals surface area contributed by atoms with Crippen LogP contribution in [0.2, 0.25) is 0 Å². The molecule has 1 N–H and O–H groups in total. The van der Waals surface area contributed by atoms with Gasteiger partial charge in [-0.1, -0.05) is 33.1 Å². The summed E-state index contributed by atoms with van der Waals surface area (Å²) in [5.74, 6) is -0.617. The van der Waals surface area contributed by atoms with Crippen molar-refractivity contribution in [2.45, 2.75) is 51.6 Å². The third-order valence-corrected chi connectivity index (χ3v) is 4.09. The van der Waals surface area contributed by atoms with Gasteiger partial charge in [0.1, 0.15) is 0 Å². The summed E-state index contributed by atoms with van der Waals surface area (Å²) in [6.07, 6.45) is -0.374. The Balaban J connectivity index is 2.24. The fraction of sp³-hybridized carbons (Fsp3) is 0.562. The average Bonchev–Trinajstić information content (AvgIpc) is 2.72. The van der Waals surface area contributed by atoms with Crippen LogP contribution in [0.15, 0.2) is 18.2 Å². The molecule has 0 saturated heterocycles. The lowest BCUT2D eigenvalue weighted by Crippen LogP contribution is -2.19. The Labute approximate surface area is 122 Å². The van der Waals surface area contributed by atoms with Crippen molar-refractivity contribution in [2.75, 3.05) is 5.32 Å². The molecule has 116 valence electrons. The Morgan fingerprint density at radius 1 is 1.29 bits per heavy atom. The number of nitrogens with one attached hydrogen (secondary N) is 1. The van der Waals surface area contributed by atoms with E-state index >= 15 is 0 Å². The van der Waals surface area contributed by atoms with Gasteiger partial charge in [-0.05, 0) is 36.1 Å². The second-order valence-corrected chi connectivity index (χ2v) is 5.74. The van der Waals surface area contributed by atoms with E-state index in [4.69, 9.17) is 0 Å². The molecule has 2 atom stereocenters. The summed E-state index contributed by atoms with van der Waals surface area (Å²) in [6.45, 7) is 4.03. The molecule has 0 spiro atoms. The normalized spacial score (nSPS) is 19.3. The molecule has 1 aliphatic heterocycles. The molecule has 2 nitrogen and oxygen atoms in total. The summed E-state index contributed by atoms with van der Waals surface area (Å²) in [5.41, 5.74) is 0.308. The lowest BCUT2D eigenvalue weighted by Gasteiger charge is -2.18. The number of halogens is 3. The van der Waals surface area contributed by atoms with Gasteiger partial charge in [-0.15, -0.1) is 0 Å². The van der Waals surface area contributed by atoms with Gasteiger partial charge in [-0.3, -0.25) is 4.79 Å². The van der Waals surface area contributed by atoms with Crippen LogP contribution in [0.1, 0.15) is 56.6 Å². The zero-order chi connectivity index (χ0) is 15.6. The van der Waals surface area contributed by atoms with E-state index in [0.717, 1.165) is 37.8 Å². The second kappa shape index (κ2) is 6.08. The molecular weight excluding hydrogens is 279 g/mol. The van der Waals surface area contributed by atoms with Gasteiger partial charge in [0.25, 0.3) is 0 Å². The predicted molar refractivity (Wildman–Crippen MR) is 76.1 cm³/mol. The molecule has 0 radical (unpaired) electrons. The van der Waals surface area contributed by atoms with E-state index in [1.165, 1.54) is 6.07 Å². The van der Waals surface area contributed by atoms with Crippen LogP contribution in [-0.4, -0.2) is 5.91 Å². The van der Waals surface area contributed by atoms with E-state index in [-0.39, 0.29) is 11.8 Å². The van der Waals surface area contributed by atoms with Gasteiger partial charge in [-0.25, -0.2) is 0 Å². The van der Waals surface area contributed by atoms with Crippen molar-refractivity contribution in [3.8, 4) is 0 Å². The van der Waals surface area contributed by atoms with E-state index in [2.05, 4.69) is 12.2 Å². The maximum atomic E-state index is 12.8. The third-order valence-electron chi connectivity index (χ3n) is 4.09. The summed E-state index contributed by atoms with van der Waals surface area (Å²) < 4.78 is 38.5. The van der Waals surface area contributed by atoms with E-state index in [1.807, 2.05) is 6.92 Å². The molecule has 1 heterocycles. The van der Waals surface area contributed by atoms with Gasteiger partial charge in [-0.2, -0.15) is 13.2 Å². The molecular formula is C16H20F3NO. The lowest BCUT2D eigenvalue weighted by molar-refractivity contribution is -0.137. The summed E-state index contributed by atoms with van der Waals surface area (Å²) >= 11 is 0. The minimum atomic E-state index is -4.38. The Hall–Kier alpha value is -1.52. The summed E-state index contributed by atoms with van der Waals surface area (Å²) in [7, 11) is 0. The van der Waals surface area contributed by atoms with Gasteiger partial charge >= 0.3 is 6.18 Å². The van der Waals surface area contributed by atoms with E-state index in [9.17, 15) is 18.0 Å². The third kappa shape index (κ3) is 3.39. The van der Waals surface area contributed by atoms with Crippen LogP contribution >= 0.6 is 0 Å². The van der Waals surface area contributed by atoms with Crippen molar-refractivity contribution in [3.05, 3.63) is 29.3 Å². The monoisotopic (exact) mass is 299 g/mol. The fourth-order valence-corrected chi connectivity index (χ4v) is 2.91. The van der Waals surface area contributed by atoms with Crippen LogP contribution in [0.4, 0.5) is 18.9 Å². The molecule has 0 fully saturated rings. The average molecular weight is 299 g/mol. The smallest absolute Gasteiger partial charge is 0.325 e. The van der Waals surface area contributed by atoms with Gasteiger partial charge in [0.2, 0.25) is 5.91 Å².